The van der Waals surface area contributed by atoms with Crippen LogP contribution in [0.5, 0.6) is 5.75 Å². The van der Waals surface area contributed by atoms with E-state index in [1.807, 2.05) is 5.32 Å². The average molecular weight is 364 g/mol. The molecule has 0 unspecified atom stereocenters. The average Bonchev–Trinajstić information content (AvgIpc) is 2.49. The molecule has 2 atom stereocenters. The van der Waals surface area contributed by atoms with Gasteiger partial charge in [-0.1, -0.05) is 23.2 Å². The zero-order valence-corrected chi connectivity index (χ0v) is 14.1. The van der Waals surface area contributed by atoms with Gasteiger partial charge in [-0.05, 0) is 32.0 Å². The highest BCUT2D eigenvalue weighted by molar-refractivity contribution is 6.35. The van der Waals surface area contributed by atoms with Crippen molar-refractivity contribution in [1.29, 1.82) is 0 Å². The largest absolute Gasteiger partial charge is 0.477 e. The second kappa shape index (κ2) is 8.59. The molecule has 0 aliphatic carbocycles. The van der Waals surface area contributed by atoms with Crippen molar-refractivity contribution in [2.24, 2.45) is 0 Å². The molecule has 0 aromatic heterocycles. The second-order valence-corrected chi connectivity index (χ2v) is 5.24. The maximum Gasteiger partial charge on any atom is 0.413 e. The molecule has 126 valence electrons. The topological polar surface area (TPSA) is 90.9 Å². The highest BCUT2D eigenvalue weighted by Crippen LogP contribution is 2.28. The maximum absolute atomic E-state index is 11.9. The molecule has 1 N–H and O–H groups in total. The third-order valence-corrected chi connectivity index (χ3v) is 3.13. The van der Waals surface area contributed by atoms with Crippen molar-refractivity contribution >= 4 is 41.2 Å². The Labute approximate surface area is 142 Å². The molecule has 2 amide bonds. The molecular formula is C14H15Cl2NO6. The van der Waals surface area contributed by atoms with Gasteiger partial charge in [0.25, 0.3) is 5.91 Å². The van der Waals surface area contributed by atoms with E-state index < -0.39 is 30.2 Å². The third-order valence-electron chi connectivity index (χ3n) is 2.60. The molecule has 0 bridgehead atoms. The lowest BCUT2D eigenvalue weighted by Crippen LogP contribution is -2.41. The van der Waals surface area contributed by atoms with Gasteiger partial charge in [0.05, 0.1) is 12.1 Å². The predicted octanol–water partition coefficient (Wildman–Crippen LogP) is 2.58. The van der Waals surface area contributed by atoms with Gasteiger partial charge in [0.15, 0.2) is 12.2 Å². The first-order valence-electron chi connectivity index (χ1n) is 6.45. The standard InChI is InChI=1S/C14H15Cl2NO6/c1-7(12(18)17-14(20)21-3)23-13(19)8(2)22-11-5-4-9(15)6-10(11)16/h4-8H,1-3H3,(H,17,18,20)/t7-,8+/m0/s1. The van der Waals surface area contributed by atoms with Gasteiger partial charge >= 0.3 is 12.1 Å². The number of amides is 2. The van der Waals surface area contributed by atoms with Crippen molar-refractivity contribution in [3.8, 4) is 5.75 Å². The van der Waals surface area contributed by atoms with Crippen molar-refractivity contribution in [3.05, 3.63) is 28.2 Å². The van der Waals surface area contributed by atoms with E-state index in [-0.39, 0.29) is 10.8 Å². The highest BCUT2D eigenvalue weighted by Gasteiger charge is 2.25. The number of imide groups is 1. The lowest BCUT2D eigenvalue weighted by atomic mass is 10.3. The molecule has 1 aromatic carbocycles. The Morgan fingerprint density at radius 2 is 1.78 bits per heavy atom. The summed E-state index contributed by atoms with van der Waals surface area (Å²) < 4.78 is 14.5. The first-order valence-corrected chi connectivity index (χ1v) is 7.21. The van der Waals surface area contributed by atoms with Gasteiger partial charge in [-0.25, -0.2) is 9.59 Å². The van der Waals surface area contributed by atoms with Gasteiger partial charge < -0.3 is 14.2 Å². The van der Waals surface area contributed by atoms with Crippen LogP contribution in [-0.4, -0.2) is 37.3 Å². The van der Waals surface area contributed by atoms with Gasteiger partial charge in [-0.2, -0.15) is 0 Å². The number of halogens is 2. The Balaban J connectivity index is 2.59. The van der Waals surface area contributed by atoms with Crippen LogP contribution in [0.25, 0.3) is 0 Å². The number of alkyl carbamates (subject to hydrolysis) is 1. The number of hydrogen-bond acceptors (Lipinski definition) is 6. The minimum atomic E-state index is -1.20. The first-order chi connectivity index (χ1) is 10.7. The van der Waals surface area contributed by atoms with E-state index in [4.69, 9.17) is 32.7 Å². The Bertz CT molecular complexity index is 607. The second-order valence-electron chi connectivity index (χ2n) is 4.39. The molecule has 1 aromatic rings. The SMILES string of the molecule is COC(=O)NC(=O)[C@H](C)OC(=O)[C@@H](C)Oc1ccc(Cl)cc1Cl. The summed E-state index contributed by atoms with van der Waals surface area (Å²) in [5.74, 6) is -1.38. The smallest absolute Gasteiger partial charge is 0.413 e. The number of rotatable bonds is 5. The zero-order valence-electron chi connectivity index (χ0n) is 12.6. The molecule has 9 heteroatoms. The van der Waals surface area contributed by atoms with Crippen LogP contribution >= 0.6 is 23.2 Å². The van der Waals surface area contributed by atoms with Gasteiger partial charge in [0, 0.05) is 5.02 Å². The normalized spacial score (nSPS) is 12.7. The van der Waals surface area contributed by atoms with Crippen molar-refractivity contribution in [2.75, 3.05) is 7.11 Å². The Morgan fingerprint density at radius 3 is 2.35 bits per heavy atom. The van der Waals surface area contributed by atoms with E-state index >= 15 is 0 Å². The van der Waals surface area contributed by atoms with Gasteiger partial charge in [0.2, 0.25) is 0 Å². The Hall–Kier alpha value is -1.99. The maximum atomic E-state index is 11.9. The predicted molar refractivity (Wildman–Crippen MR) is 82.7 cm³/mol. The fraction of sp³-hybridized carbons (Fsp3) is 0.357. The van der Waals surface area contributed by atoms with Crippen LogP contribution in [0, 0.1) is 0 Å². The number of esters is 1. The number of ether oxygens (including phenoxy) is 3. The fourth-order valence-electron chi connectivity index (χ4n) is 1.39. The van der Waals surface area contributed by atoms with Gasteiger partial charge in [-0.3, -0.25) is 10.1 Å². The van der Waals surface area contributed by atoms with Crippen molar-refractivity contribution < 1.29 is 28.6 Å². The summed E-state index contributed by atoms with van der Waals surface area (Å²) in [4.78, 5) is 34.3. The molecule has 0 radical (unpaired) electrons. The fourth-order valence-corrected chi connectivity index (χ4v) is 1.84. The lowest BCUT2D eigenvalue weighted by Gasteiger charge is -2.17. The molecular weight excluding hydrogens is 349 g/mol. The van der Waals surface area contributed by atoms with E-state index in [0.29, 0.717) is 5.02 Å². The van der Waals surface area contributed by atoms with Crippen LogP contribution in [0.2, 0.25) is 10.0 Å². The van der Waals surface area contributed by atoms with Crippen LogP contribution in [0.3, 0.4) is 0 Å². The van der Waals surface area contributed by atoms with Gasteiger partial charge in [-0.15, -0.1) is 0 Å². The van der Waals surface area contributed by atoms with Crippen LogP contribution in [0.4, 0.5) is 4.79 Å². The molecule has 7 nitrogen and oxygen atoms in total. The lowest BCUT2D eigenvalue weighted by molar-refractivity contribution is -0.160. The van der Waals surface area contributed by atoms with E-state index in [1.54, 1.807) is 6.07 Å². The van der Waals surface area contributed by atoms with E-state index in [9.17, 15) is 14.4 Å². The van der Waals surface area contributed by atoms with E-state index in [0.717, 1.165) is 7.11 Å². The van der Waals surface area contributed by atoms with Crippen LogP contribution < -0.4 is 10.1 Å². The first kappa shape index (κ1) is 19.1. The molecule has 0 heterocycles. The van der Waals surface area contributed by atoms with Crippen LogP contribution in [0.1, 0.15) is 13.8 Å². The summed E-state index contributed by atoms with van der Waals surface area (Å²) in [6, 6.07) is 4.51. The minimum Gasteiger partial charge on any atom is -0.477 e. The number of hydrogen-bond donors (Lipinski definition) is 1. The molecule has 0 saturated carbocycles. The molecule has 0 spiro atoms. The molecule has 0 saturated heterocycles. The summed E-state index contributed by atoms with van der Waals surface area (Å²) in [7, 11) is 1.10. The summed E-state index contributed by atoms with van der Waals surface area (Å²) in [5.41, 5.74) is 0. The number of benzene rings is 1. The molecule has 1 rings (SSSR count). The van der Waals surface area contributed by atoms with Crippen LogP contribution in [0.15, 0.2) is 18.2 Å². The quantitative estimate of drug-likeness (QED) is 0.808. The number of nitrogens with one attached hydrogen (secondary N) is 1. The summed E-state index contributed by atoms with van der Waals surface area (Å²) in [6.45, 7) is 2.73. The zero-order chi connectivity index (χ0) is 17.6. The van der Waals surface area contributed by atoms with Crippen molar-refractivity contribution in [3.63, 3.8) is 0 Å². The number of methoxy groups -OCH3 is 1. The molecule has 0 fully saturated rings. The van der Waals surface area contributed by atoms with Crippen molar-refractivity contribution in [1.82, 2.24) is 5.32 Å². The van der Waals surface area contributed by atoms with E-state index in [1.165, 1.54) is 26.0 Å². The Morgan fingerprint density at radius 1 is 1.13 bits per heavy atom. The Kier molecular flexibility index (Phi) is 7.12. The summed E-state index contributed by atoms with van der Waals surface area (Å²) in [5, 5.41) is 2.54. The number of carbonyl (C=O) groups is 3. The monoisotopic (exact) mass is 363 g/mol. The highest BCUT2D eigenvalue weighted by atomic mass is 35.5. The molecule has 0 aliphatic rings. The van der Waals surface area contributed by atoms with E-state index in [2.05, 4.69) is 4.74 Å². The summed E-state index contributed by atoms with van der Waals surface area (Å²) in [6.07, 6.45) is -3.18. The van der Waals surface area contributed by atoms with Crippen molar-refractivity contribution in [2.45, 2.75) is 26.1 Å². The minimum absolute atomic E-state index is 0.230. The third kappa shape index (κ3) is 5.96. The van der Waals surface area contributed by atoms with Crippen LogP contribution in [-0.2, 0) is 19.1 Å². The van der Waals surface area contributed by atoms with Gasteiger partial charge in [0.1, 0.15) is 5.75 Å². The summed E-state index contributed by atoms with van der Waals surface area (Å²) >= 11 is 11.7. The molecule has 23 heavy (non-hydrogen) atoms. The molecule has 0 aliphatic heterocycles. The number of carbonyl (C=O) groups excluding carboxylic acids is 3.